The lowest BCUT2D eigenvalue weighted by Crippen LogP contribution is -2.14. The lowest BCUT2D eigenvalue weighted by atomic mass is 10.1. The van der Waals surface area contributed by atoms with E-state index in [1.807, 2.05) is 26.0 Å². The van der Waals surface area contributed by atoms with Crippen molar-refractivity contribution in [3.8, 4) is 0 Å². The maximum Gasteiger partial charge on any atom is 0.261 e. The van der Waals surface area contributed by atoms with E-state index in [4.69, 9.17) is 5.73 Å². The van der Waals surface area contributed by atoms with Crippen LogP contribution < -0.4 is 10.5 Å². The smallest absolute Gasteiger partial charge is 0.261 e. The summed E-state index contributed by atoms with van der Waals surface area (Å²) in [7, 11) is -3.61. The van der Waals surface area contributed by atoms with E-state index in [1.54, 1.807) is 12.1 Å². The number of hydrogen-bond acceptors (Lipinski definition) is 3. The van der Waals surface area contributed by atoms with Crippen molar-refractivity contribution in [1.82, 2.24) is 0 Å². The number of halogens is 1. The van der Waals surface area contributed by atoms with E-state index >= 15 is 0 Å². The van der Waals surface area contributed by atoms with Crippen LogP contribution in [0.2, 0.25) is 0 Å². The highest BCUT2D eigenvalue weighted by atomic mass is 79.9. The van der Waals surface area contributed by atoms with E-state index < -0.39 is 10.0 Å². The Kier molecular flexibility index (Phi) is 4.06. The van der Waals surface area contributed by atoms with E-state index in [0.29, 0.717) is 11.4 Å². The number of rotatable bonds is 3. The molecule has 0 unspecified atom stereocenters. The van der Waals surface area contributed by atoms with Gasteiger partial charge in [0, 0.05) is 10.2 Å². The third-order valence-corrected chi connectivity index (χ3v) is 4.75. The second-order valence-electron chi connectivity index (χ2n) is 4.59. The van der Waals surface area contributed by atoms with Crippen molar-refractivity contribution in [2.24, 2.45) is 0 Å². The lowest BCUT2D eigenvalue weighted by molar-refractivity contribution is 0.601. The van der Waals surface area contributed by atoms with Gasteiger partial charge >= 0.3 is 0 Å². The van der Waals surface area contributed by atoms with Gasteiger partial charge in [0.1, 0.15) is 0 Å². The van der Waals surface area contributed by atoms with Gasteiger partial charge in [0.25, 0.3) is 10.0 Å². The first-order valence-corrected chi connectivity index (χ1v) is 8.22. The van der Waals surface area contributed by atoms with Crippen molar-refractivity contribution < 1.29 is 8.42 Å². The summed E-state index contributed by atoms with van der Waals surface area (Å²) >= 11 is 3.39. The van der Waals surface area contributed by atoms with E-state index in [-0.39, 0.29) is 4.90 Å². The molecule has 0 fully saturated rings. The molecule has 0 atom stereocenters. The standard InChI is InChI=1S/C14H15BrN2O2S/c1-9-7-11(15)8-10(2)14(9)17-20(18,19)13-5-3-12(16)4-6-13/h3-8,17H,16H2,1-2H3. The van der Waals surface area contributed by atoms with Crippen LogP contribution in [0.25, 0.3) is 0 Å². The number of nitrogen functional groups attached to an aromatic ring is 1. The SMILES string of the molecule is Cc1cc(Br)cc(C)c1NS(=O)(=O)c1ccc(N)cc1. The van der Waals surface area contributed by atoms with E-state index in [0.717, 1.165) is 15.6 Å². The van der Waals surface area contributed by atoms with E-state index in [1.165, 1.54) is 12.1 Å². The molecule has 20 heavy (non-hydrogen) atoms. The summed E-state index contributed by atoms with van der Waals surface area (Å²) in [6, 6.07) is 9.84. The molecular weight excluding hydrogens is 340 g/mol. The summed E-state index contributed by atoms with van der Waals surface area (Å²) in [6.07, 6.45) is 0. The van der Waals surface area contributed by atoms with Gasteiger partial charge in [-0.25, -0.2) is 8.42 Å². The molecule has 6 heteroatoms. The molecule has 106 valence electrons. The minimum atomic E-state index is -3.61. The number of nitrogens with two attached hydrogens (primary N) is 1. The molecule has 0 saturated carbocycles. The molecule has 0 radical (unpaired) electrons. The van der Waals surface area contributed by atoms with Gasteiger partial charge in [-0.2, -0.15) is 0 Å². The van der Waals surface area contributed by atoms with Gasteiger partial charge in [-0.15, -0.1) is 0 Å². The number of sulfonamides is 1. The quantitative estimate of drug-likeness (QED) is 0.829. The Bertz CT molecular complexity index is 717. The fourth-order valence-electron chi connectivity index (χ4n) is 1.91. The van der Waals surface area contributed by atoms with Gasteiger partial charge in [0.15, 0.2) is 0 Å². The topological polar surface area (TPSA) is 72.2 Å². The summed E-state index contributed by atoms with van der Waals surface area (Å²) in [5, 5.41) is 0. The molecule has 0 saturated heterocycles. The van der Waals surface area contributed by atoms with Crippen molar-refractivity contribution in [2.75, 3.05) is 10.5 Å². The van der Waals surface area contributed by atoms with E-state index in [2.05, 4.69) is 20.7 Å². The second-order valence-corrected chi connectivity index (χ2v) is 7.19. The van der Waals surface area contributed by atoms with Gasteiger partial charge in [-0.3, -0.25) is 4.72 Å². The Morgan fingerprint density at radius 3 is 2.05 bits per heavy atom. The van der Waals surface area contributed by atoms with Gasteiger partial charge in [0.05, 0.1) is 10.6 Å². The largest absolute Gasteiger partial charge is 0.399 e. The molecule has 2 aromatic carbocycles. The Morgan fingerprint density at radius 2 is 1.55 bits per heavy atom. The zero-order valence-electron chi connectivity index (χ0n) is 11.1. The molecule has 3 N–H and O–H groups in total. The highest BCUT2D eigenvalue weighted by molar-refractivity contribution is 9.10. The summed E-state index contributed by atoms with van der Waals surface area (Å²) in [5.41, 5.74) is 8.41. The average molecular weight is 355 g/mol. The zero-order valence-corrected chi connectivity index (χ0v) is 13.5. The van der Waals surface area contributed by atoms with Crippen LogP contribution in [0.15, 0.2) is 45.8 Å². The van der Waals surface area contributed by atoms with Crippen LogP contribution in [-0.4, -0.2) is 8.42 Å². The van der Waals surface area contributed by atoms with Crippen LogP contribution in [0.5, 0.6) is 0 Å². The van der Waals surface area contributed by atoms with Gasteiger partial charge < -0.3 is 5.73 Å². The number of hydrogen-bond donors (Lipinski definition) is 2. The van der Waals surface area contributed by atoms with Gasteiger partial charge in [0.2, 0.25) is 0 Å². The fourth-order valence-corrected chi connectivity index (χ4v) is 3.80. The van der Waals surface area contributed by atoms with Crippen molar-refractivity contribution >= 4 is 37.3 Å². The maximum atomic E-state index is 12.3. The van der Waals surface area contributed by atoms with Crippen LogP contribution in [0, 0.1) is 13.8 Å². The lowest BCUT2D eigenvalue weighted by Gasteiger charge is -2.14. The Morgan fingerprint density at radius 1 is 1.05 bits per heavy atom. The number of anilines is 2. The molecule has 0 bridgehead atoms. The van der Waals surface area contributed by atoms with Crippen molar-refractivity contribution in [2.45, 2.75) is 18.7 Å². The third-order valence-electron chi connectivity index (χ3n) is 2.92. The van der Waals surface area contributed by atoms with Crippen LogP contribution in [0.3, 0.4) is 0 Å². The highest BCUT2D eigenvalue weighted by Gasteiger charge is 2.16. The molecule has 0 aliphatic carbocycles. The number of benzene rings is 2. The average Bonchev–Trinajstić information content (AvgIpc) is 2.34. The number of aryl methyl sites for hydroxylation is 2. The predicted octanol–water partition coefficient (Wildman–Crippen LogP) is 3.45. The molecule has 4 nitrogen and oxygen atoms in total. The molecule has 0 aromatic heterocycles. The molecular formula is C14H15BrN2O2S. The Balaban J connectivity index is 2.41. The molecule has 0 aliphatic rings. The monoisotopic (exact) mass is 354 g/mol. The Hall–Kier alpha value is -1.53. The van der Waals surface area contributed by atoms with E-state index in [9.17, 15) is 8.42 Å². The van der Waals surface area contributed by atoms with Crippen molar-refractivity contribution in [3.63, 3.8) is 0 Å². The maximum absolute atomic E-state index is 12.3. The molecule has 2 aromatic rings. The summed E-state index contributed by atoms with van der Waals surface area (Å²) in [6.45, 7) is 3.72. The van der Waals surface area contributed by atoms with Crippen molar-refractivity contribution in [3.05, 3.63) is 52.0 Å². The normalized spacial score (nSPS) is 11.3. The van der Waals surface area contributed by atoms with Gasteiger partial charge in [-0.1, -0.05) is 15.9 Å². The predicted molar refractivity (Wildman–Crippen MR) is 85.3 cm³/mol. The molecule has 2 rings (SSSR count). The van der Waals surface area contributed by atoms with Gasteiger partial charge in [-0.05, 0) is 61.4 Å². The molecule has 0 aliphatic heterocycles. The molecule has 0 heterocycles. The first kappa shape index (κ1) is 14.9. The first-order chi connectivity index (χ1) is 9.29. The van der Waals surface area contributed by atoms with Crippen LogP contribution >= 0.6 is 15.9 Å². The Labute approximate surface area is 127 Å². The van der Waals surface area contributed by atoms with Crippen LogP contribution in [0.1, 0.15) is 11.1 Å². The van der Waals surface area contributed by atoms with Crippen molar-refractivity contribution in [1.29, 1.82) is 0 Å². The van der Waals surface area contributed by atoms with Crippen LogP contribution in [0.4, 0.5) is 11.4 Å². The summed E-state index contributed by atoms with van der Waals surface area (Å²) in [4.78, 5) is 0.188. The fraction of sp³-hybridized carbons (Fsp3) is 0.143. The summed E-state index contributed by atoms with van der Waals surface area (Å²) in [5.74, 6) is 0. The summed E-state index contributed by atoms with van der Waals surface area (Å²) < 4.78 is 28.2. The zero-order chi connectivity index (χ0) is 14.9. The molecule has 0 spiro atoms. The highest BCUT2D eigenvalue weighted by Crippen LogP contribution is 2.27. The molecule has 0 amide bonds. The second kappa shape index (κ2) is 5.46. The van der Waals surface area contributed by atoms with Crippen LogP contribution in [-0.2, 0) is 10.0 Å². The first-order valence-electron chi connectivity index (χ1n) is 5.95. The number of nitrogens with one attached hydrogen (secondary N) is 1. The third kappa shape index (κ3) is 3.13. The minimum Gasteiger partial charge on any atom is -0.399 e. The minimum absolute atomic E-state index is 0.188.